The summed E-state index contributed by atoms with van der Waals surface area (Å²) in [6.45, 7) is 3.35. The summed E-state index contributed by atoms with van der Waals surface area (Å²) in [7, 11) is 0. The Bertz CT molecular complexity index is 730. The Kier molecular flexibility index (Phi) is 5.06. The van der Waals surface area contributed by atoms with Crippen molar-refractivity contribution < 1.29 is 14.7 Å². The zero-order valence-corrected chi connectivity index (χ0v) is 13.7. The number of hydrogen-bond acceptors (Lipinski definition) is 2. The third-order valence-corrected chi connectivity index (χ3v) is 4.35. The Morgan fingerprint density at radius 3 is 2.39 bits per heavy atom. The molecule has 0 aliphatic carbocycles. The van der Waals surface area contributed by atoms with Crippen molar-refractivity contribution in [3.05, 3.63) is 64.7 Å². The summed E-state index contributed by atoms with van der Waals surface area (Å²) in [5.74, 6) is -1.41. The number of carbonyl (C=O) groups excluding carboxylic acids is 1. The van der Waals surface area contributed by atoms with Gasteiger partial charge < -0.3 is 10.4 Å². The molecule has 1 atom stereocenters. The number of halogens is 1. The van der Waals surface area contributed by atoms with Crippen LogP contribution in [0.15, 0.2) is 48.5 Å². The highest BCUT2D eigenvalue weighted by molar-refractivity contribution is 6.31. The molecule has 0 unspecified atom stereocenters. The largest absolute Gasteiger partial charge is 0.481 e. The third-order valence-electron chi connectivity index (χ3n) is 3.94. The summed E-state index contributed by atoms with van der Waals surface area (Å²) < 4.78 is 0. The zero-order valence-electron chi connectivity index (χ0n) is 13.0. The van der Waals surface area contributed by atoms with Gasteiger partial charge in [0.25, 0.3) is 0 Å². The first-order chi connectivity index (χ1) is 10.8. The quantitative estimate of drug-likeness (QED) is 0.869. The van der Waals surface area contributed by atoms with Gasteiger partial charge in [-0.1, -0.05) is 48.0 Å². The van der Waals surface area contributed by atoms with Crippen molar-refractivity contribution in [1.29, 1.82) is 0 Å². The van der Waals surface area contributed by atoms with Crippen LogP contribution in [0.5, 0.6) is 0 Å². The van der Waals surface area contributed by atoms with Crippen LogP contribution in [0.4, 0.5) is 5.69 Å². The van der Waals surface area contributed by atoms with Crippen molar-refractivity contribution >= 4 is 29.2 Å². The molecule has 0 aliphatic heterocycles. The first kappa shape index (κ1) is 17.0. The lowest BCUT2D eigenvalue weighted by Gasteiger charge is -2.25. The minimum atomic E-state index is -1.29. The molecule has 0 aliphatic rings. The fourth-order valence-corrected chi connectivity index (χ4v) is 2.54. The molecule has 0 fully saturated rings. The minimum Gasteiger partial charge on any atom is -0.481 e. The van der Waals surface area contributed by atoms with E-state index in [2.05, 4.69) is 5.32 Å². The number of anilines is 1. The van der Waals surface area contributed by atoms with Crippen molar-refractivity contribution in [2.24, 2.45) is 0 Å². The normalized spacial score (nSPS) is 13.2. The first-order valence-electron chi connectivity index (χ1n) is 7.18. The van der Waals surface area contributed by atoms with Gasteiger partial charge >= 0.3 is 5.97 Å². The number of amides is 1. The Hall–Kier alpha value is -2.33. The Labute approximate surface area is 140 Å². The van der Waals surface area contributed by atoms with Crippen molar-refractivity contribution in [3.63, 3.8) is 0 Å². The van der Waals surface area contributed by atoms with Gasteiger partial charge in [0.1, 0.15) is 0 Å². The Morgan fingerprint density at radius 1 is 1.13 bits per heavy atom. The fraction of sp³-hybridized carbons (Fsp3) is 0.222. The van der Waals surface area contributed by atoms with E-state index < -0.39 is 11.4 Å². The number of nitrogens with one attached hydrogen (secondary N) is 1. The van der Waals surface area contributed by atoms with Gasteiger partial charge in [-0.15, -0.1) is 0 Å². The van der Waals surface area contributed by atoms with Crippen LogP contribution in [0.2, 0.25) is 5.02 Å². The number of carbonyl (C=O) groups is 2. The van der Waals surface area contributed by atoms with Crippen LogP contribution < -0.4 is 5.32 Å². The van der Waals surface area contributed by atoms with Gasteiger partial charge in [0.15, 0.2) is 0 Å². The van der Waals surface area contributed by atoms with E-state index in [9.17, 15) is 14.7 Å². The van der Waals surface area contributed by atoms with Crippen molar-refractivity contribution in [3.8, 4) is 0 Å². The molecule has 0 saturated heterocycles. The number of carboxylic acid groups (broad SMARTS) is 1. The molecule has 2 aromatic rings. The minimum absolute atomic E-state index is 0.168. The summed E-state index contributed by atoms with van der Waals surface area (Å²) in [6, 6.07) is 14.0. The van der Waals surface area contributed by atoms with Gasteiger partial charge in [-0.05, 0) is 37.1 Å². The molecule has 2 N–H and O–H groups in total. The highest BCUT2D eigenvalue weighted by atomic mass is 35.5. The number of benzene rings is 2. The molecule has 0 radical (unpaired) electrons. The van der Waals surface area contributed by atoms with Crippen LogP contribution in [-0.4, -0.2) is 17.0 Å². The van der Waals surface area contributed by atoms with Gasteiger partial charge in [-0.25, -0.2) is 0 Å². The lowest BCUT2D eigenvalue weighted by molar-refractivity contribution is -0.145. The number of rotatable bonds is 5. The van der Waals surface area contributed by atoms with E-state index in [0.29, 0.717) is 16.3 Å². The van der Waals surface area contributed by atoms with Crippen LogP contribution in [0.25, 0.3) is 0 Å². The van der Waals surface area contributed by atoms with E-state index in [-0.39, 0.29) is 12.3 Å². The zero-order chi connectivity index (χ0) is 17.0. The van der Waals surface area contributed by atoms with Crippen LogP contribution in [0, 0.1) is 6.92 Å². The molecule has 0 heterocycles. The Balaban J connectivity index is 2.23. The van der Waals surface area contributed by atoms with E-state index in [1.165, 1.54) is 0 Å². The summed E-state index contributed by atoms with van der Waals surface area (Å²) in [5.41, 5.74) is 0.630. The van der Waals surface area contributed by atoms with Gasteiger partial charge in [-0.3, -0.25) is 9.59 Å². The molecule has 1 amide bonds. The molecule has 4 nitrogen and oxygen atoms in total. The second-order valence-electron chi connectivity index (χ2n) is 5.64. The summed E-state index contributed by atoms with van der Waals surface area (Å²) in [6.07, 6.45) is -0.168. The molecule has 120 valence electrons. The topological polar surface area (TPSA) is 66.4 Å². The van der Waals surface area contributed by atoms with Gasteiger partial charge in [0, 0.05) is 17.1 Å². The fourth-order valence-electron chi connectivity index (χ4n) is 2.37. The number of aliphatic carboxylic acids is 1. The van der Waals surface area contributed by atoms with Crippen LogP contribution >= 0.6 is 11.6 Å². The van der Waals surface area contributed by atoms with E-state index >= 15 is 0 Å². The standard InChI is InChI=1S/C18H18ClNO3/c1-12-14(19)9-6-10-15(12)20-16(21)11-18(2,17(22)23)13-7-4-3-5-8-13/h3-10H,11H2,1-2H3,(H,20,21)(H,22,23)/t18-/m1/s1. The summed E-state index contributed by atoms with van der Waals surface area (Å²) in [5, 5.41) is 12.9. The monoisotopic (exact) mass is 331 g/mol. The van der Waals surface area contributed by atoms with Crippen molar-refractivity contribution in [2.75, 3.05) is 5.32 Å². The average molecular weight is 332 g/mol. The van der Waals surface area contributed by atoms with Gasteiger partial charge in [-0.2, -0.15) is 0 Å². The SMILES string of the molecule is Cc1c(Cl)cccc1NC(=O)C[C@@](C)(C(=O)O)c1ccccc1. The molecule has 0 spiro atoms. The van der Waals surface area contributed by atoms with Crippen LogP contribution in [0.1, 0.15) is 24.5 Å². The first-order valence-corrected chi connectivity index (χ1v) is 7.56. The van der Waals surface area contributed by atoms with Gasteiger partial charge in [0.05, 0.1) is 5.41 Å². The molecule has 0 bridgehead atoms. The van der Waals surface area contributed by atoms with Gasteiger partial charge in [0.2, 0.25) is 5.91 Å². The van der Waals surface area contributed by atoms with E-state index in [0.717, 1.165) is 5.56 Å². The van der Waals surface area contributed by atoms with Crippen LogP contribution in [-0.2, 0) is 15.0 Å². The Morgan fingerprint density at radius 2 is 1.78 bits per heavy atom. The second-order valence-corrected chi connectivity index (χ2v) is 6.05. The molecule has 5 heteroatoms. The molecule has 2 rings (SSSR count). The molecular formula is C18H18ClNO3. The smallest absolute Gasteiger partial charge is 0.314 e. The molecule has 0 aromatic heterocycles. The summed E-state index contributed by atoms with van der Waals surface area (Å²) >= 11 is 6.03. The maximum absolute atomic E-state index is 12.4. The lowest BCUT2D eigenvalue weighted by atomic mass is 9.79. The maximum Gasteiger partial charge on any atom is 0.314 e. The third kappa shape index (κ3) is 3.71. The number of hydrogen-bond donors (Lipinski definition) is 2. The van der Waals surface area contributed by atoms with E-state index in [1.807, 2.05) is 0 Å². The predicted molar refractivity (Wildman–Crippen MR) is 90.9 cm³/mol. The van der Waals surface area contributed by atoms with Crippen molar-refractivity contribution in [2.45, 2.75) is 25.7 Å². The highest BCUT2D eigenvalue weighted by Gasteiger charge is 2.37. The lowest BCUT2D eigenvalue weighted by Crippen LogP contribution is -2.36. The van der Waals surface area contributed by atoms with Crippen LogP contribution in [0.3, 0.4) is 0 Å². The maximum atomic E-state index is 12.4. The molecular weight excluding hydrogens is 314 g/mol. The average Bonchev–Trinajstić information content (AvgIpc) is 2.52. The van der Waals surface area contributed by atoms with E-state index in [4.69, 9.17) is 11.6 Å². The van der Waals surface area contributed by atoms with Crippen molar-refractivity contribution in [1.82, 2.24) is 0 Å². The molecule has 23 heavy (non-hydrogen) atoms. The predicted octanol–water partition coefficient (Wildman–Crippen LogP) is 4.02. The second kappa shape index (κ2) is 6.84. The molecule has 0 saturated carbocycles. The number of carboxylic acids is 1. The molecule has 2 aromatic carbocycles. The van der Waals surface area contributed by atoms with E-state index in [1.54, 1.807) is 62.4 Å². The summed E-state index contributed by atoms with van der Waals surface area (Å²) in [4.78, 5) is 24.1. The highest BCUT2D eigenvalue weighted by Crippen LogP contribution is 2.29.